The fourth-order valence-corrected chi connectivity index (χ4v) is 2.89. The van der Waals surface area contributed by atoms with Gasteiger partial charge in [0.2, 0.25) is 0 Å². The first kappa shape index (κ1) is 14.6. The van der Waals surface area contributed by atoms with E-state index < -0.39 is 11.6 Å². The minimum absolute atomic E-state index is 0.0689. The topological polar surface area (TPSA) is 24.9 Å². The van der Waals surface area contributed by atoms with Crippen LogP contribution in [-0.4, -0.2) is 12.0 Å². The molecule has 1 N–H and O–H groups in total. The van der Waals surface area contributed by atoms with Gasteiger partial charge in [0.1, 0.15) is 11.6 Å². The van der Waals surface area contributed by atoms with E-state index in [4.69, 9.17) is 0 Å². The Morgan fingerprint density at radius 1 is 1.42 bits per heavy atom. The van der Waals surface area contributed by atoms with Crippen LogP contribution in [0, 0.1) is 18.6 Å². The van der Waals surface area contributed by atoms with Crippen molar-refractivity contribution in [1.29, 1.82) is 0 Å². The zero-order valence-corrected chi connectivity index (χ0v) is 12.9. The summed E-state index contributed by atoms with van der Waals surface area (Å²) in [6, 6.07) is 2.43. The first-order chi connectivity index (χ1) is 9.02. The summed E-state index contributed by atoms with van der Waals surface area (Å²) >= 11 is 4.60. The van der Waals surface area contributed by atoms with Crippen molar-refractivity contribution in [2.75, 3.05) is 7.05 Å². The summed E-state index contributed by atoms with van der Waals surface area (Å²) in [5.74, 6) is -1.08. The highest BCUT2D eigenvalue weighted by Crippen LogP contribution is 2.27. The van der Waals surface area contributed by atoms with E-state index in [0.29, 0.717) is 0 Å². The Labute approximate surface area is 123 Å². The van der Waals surface area contributed by atoms with Crippen molar-refractivity contribution in [1.82, 2.24) is 10.3 Å². The average molecular weight is 347 g/mol. The van der Waals surface area contributed by atoms with Crippen LogP contribution in [-0.2, 0) is 6.42 Å². The van der Waals surface area contributed by atoms with Crippen LogP contribution in [0.2, 0.25) is 0 Å². The zero-order chi connectivity index (χ0) is 14.0. The van der Waals surface area contributed by atoms with Crippen molar-refractivity contribution in [2.45, 2.75) is 19.4 Å². The molecule has 0 saturated heterocycles. The van der Waals surface area contributed by atoms with Gasteiger partial charge in [-0.05, 0) is 48.5 Å². The minimum atomic E-state index is -0.549. The van der Waals surface area contributed by atoms with Crippen LogP contribution in [0.15, 0.2) is 22.0 Å². The first-order valence-electron chi connectivity index (χ1n) is 5.74. The molecule has 0 spiro atoms. The second-order valence-electron chi connectivity index (χ2n) is 4.16. The molecule has 102 valence electrons. The molecule has 0 bridgehead atoms. The van der Waals surface area contributed by atoms with Gasteiger partial charge in [0, 0.05) is 10.9 Å². The Morgan fingerprint density at radius 2 is 2.16 bits per heavy atom. The molecule has 1 heterocycles. The second kappa shape index (κ2) is 6.07. The van der Waals surface area contributed by atoms with E-state index in [9.17, 15) is 8.78 Å². The average Bonchev–Trinajstić information content (AvgIpc) is 2.81. The molecule has 0 saturated carbocycles. The molecule has 2 nitrogen and oxygen atoms in total. The molecule has 1 aromatic carbocycles. The van der Waals surface area contributed by atoms with Crippen molar-refractivity contribution < 1.29 is 8.78 Å². The van der Waals surface area contributed by atoms with Crippen molar-refractivity contribution in [3.63, 3.8) is 0 Å². The number of hydrogen-bond donors (Lipinski definition) is 1. The van der Waals surface area contributed by atoms with Crippen LogP contribution < -0.4 is 5.32 Å². The number of rotatable bonds is 4. The molecule has 0 radical (unpaired) electrons. The van der Waals surface area contributed by atoms with Gasteiger partial charge in [-0.25, -0.2) is 13.8 Å². The van der Waals surface area contributed by atoms with Crippen molar-refractivity contribution >= 4 is 27.3 Å². The summed E-state index contributed by atoms with van der Waals surface area (Å²) < 4.78 is 28.0. The lowest BCUT2D eigenvalue weighted by Crippen LogP contribution is -2.20. The van der Waals surface area contributed by atoms with Crippen molar-refractivity contribution in [2.24, 2.45) is 0 Å². The molecule has 0 aliphatic heterocycles. The first-order valence-corrected chi connectivity index (χ1v) is 7.42. The van der Waals surface area contributed by atoms with Gasteiger partial charge in [-0.2, -0.15) is 0 Å². The number of hydrogen-bond acceptors (Lipinski definition) is 3. The molecule has 6 heteroatoms. The molecule has 19 heavy (non-hydrogen) atoms. The molecule has 1 aromatic heterocycles. The van der Waals surface area contributed by atoms with Crippen molar-refractivity contribution in [3.8, 4) is 0 Å². The third kappa shape index (κ3) is 3.19. The summed E-state index contributed by atoms with van der Waals surface area (Å²) in [4.78, 5) is 4.36. The van der Waals surface area contributed by atoms with Gasteiger partial charge >= 0.3 is 0 Å². The highest BCUT2D eigenvalue weighted by atomic mass is 79.9. The van der Waals surface area contributed by atoms with E-state index in [1.54, 1.807) is 7.05 Å². The van der Waals surface area contributed by atoms with Gasteiger partial charge in [-0.3, -0.25) is 0 Å². The number of aromatic nitrogens is 1. The molecular weight excluding hydrogens is 334 g/mol. The Balaban J connectivity index is 2.31. The van der Waals surface area contributed by atoms with Gasteiger partial charge in [-0.1, -0.05) is 0 Å². The van der Waals surface area contributed by atoms with Crippen LogP contribution >= 0.6 is 27.3 Å². The van der Waals surface area contributed by atoms with Gasteiger partial charge in [0.05, 0.1) is 21.2 Å². The molecule has 0 amide bonds. The van der Waals surface area contributed by atoms with E-state index in [0.717, 1.165) is 10.7 Å². The molecular formula is C13H13BrF2N2S. The maximum absolute atomic E-state index is 13.9. The Bertz CT molecular complexity index is 586. The number of aryl methyl sites for hydroxylation is 1. The minimum Gasteiger partial charge on any atom is -0.311 e. The van der Waals surface area contributed by atoms with E-state index in [1.807, 2.05) is 12.3 Å². The maximum Gasteiger partial charge on any atom is 0.143 e. The predicted octanol–water partition coefficient (Wildman–Crippen LogP) is 4.00. The van der Waals surface area contributed by atoms with E-state index in [2.05, 4.69) is 26.2 Å². The van der Waals surface area contributed by atoms with Crippen LogP contribution in [0.5, 0.6) is 0 Å². The molecule has 0 aliphatic carbocycles. The molecule has 1 unspecified atom stereocenters. The predicted molar refractivity (Wildman–Crippen MR) is 76.4 cm³/mol. The lowest BCUT2D eigenvalue weighted by Gasteiger charge is -2.15. The van der Waals surface area contributed by atoms with Crippen LogP contribution in [0.3, 0.4) is 0 Å². The summed E-state index contributed by atoms with van der Waals surface area (Å²) in [6.07, 6.45) is 0.219. The Kier molecular flexibility index (Phi) is 4.65. The third-order valence-electron chi connectivity index (χ3n) is 2.89. The monoisotopic (exact) mass is 346 g/mol. The lowest BCUT2D eigenvalue weighted by molar-refractivity contribution is 0.508. The summed E-state index contributed by atoms with van der Waals surface area (Å²) in [7, 11) is 1.76. The number of nitrogens with zero attached hydrogens (tertiary/aromatic N) is 1. The second-order valence-corrected chi connectivity index (χ2v) is 6.08. The van der Waals surface area contributed by atoms with Crippen LogP contribution in [0.25, 0.3) is 0 Å². The normalized spacial score (nSPS) is 12.7. The van der Waals surface area contributed by atoms with E-state index in [-0.39, 0.29) is 22.5 Å². The number of benzene rings is 1. The Morgan fingerprint density at radius 3 is 2.74 bits per heavy atom. The summed E-state index contributed by atoms with van der Waals surface area (Å²) in [6.45, 7) is 1.90. The largest absolute Gasteiger partial charge is 0.311 e. The highest BCUT2D eigenvalue weighted by Gasteiger charge is 2.19. The van der Waals surface area contributed by atoms with E-state index >= 15 is 0 Å². The maximum atomic E-state index is 13.9. The number of halogens is 3. The fourth-order valence-electron chi connectivity index (χ4n) is 1.86. The molecule has 0 aliphatic rings. The lowest BCUT2D eigenvalue weighted by atomic mass is 10.0. The highest BCUT2D eigenvalue weighted by molar-refractivity contribution is 9.10. The standard InChI is InChI=1S/C13H13BrF2N2S/c1-7-18-12(6-19-7)11(17-2)5-8-10(15)4-3-9(14)13(8)16/h3-4,6,11,17H,5H2,1-2H3. The smallest absolute Gasteiger partial charge is 0.143 e. The van der Waals surface area contributed by atoms with Gasteiger partial charge < -0.3 is 5.32 Å². The molecule has 2 aromatic rings. The Hall–Kier alpha value is -0.850. The van der Waals surface area contributed by atoms with Gasteiger partial charge in [0.25, 0.3) is 0 Å². The quantitative estimate of drug-likeness (QED) is 0.846. The molecule has 2 rings (SSSR count). The van der Waals surface area contributed by atoms with Crippen LogP contribution in [0.4, 0.5) is 8.78 Å². The summed E-state index contributed by atoms with van der Waals surface area (Å²) in [5.41, 5.74) is 0.878. The van der Waals surface area contributed by atoms with Crippen LogP contribution in [0.1, 0.15) is 22.3 Å². The molecule has 0 fully saturated rings. The third-order valence-corrected chi connectivity index (χ3v) is 4.29. The van der Waals surface area contributed by atoms with E-state index in [1.165, 1.54) is 23.5 Å². The fraction of sp³-hybridized carbons (Fsp3) is 0.308. The summed E-state index contributed by atoms with van der Waals surface area (Å²) in [5, 5.41) is 5.89. The molecule has 1 atom stereocenters. The van der Waals surface area contributed by atoms with Gasteiger partial charge in [-0.15, -0.1) is 11.3 Å². The van der Waals surface area contributed by atoms with Gasteiger partial charge in [0.15, 0.2) is 0 Å². The number of thiazole rings is 1. The number of nitrogens with one attached hydrogen (secondary N) is 1. The number of likely N-dealkylation sites (N-methyl/N-ethyl adjacent to an activating group) is 1. The zero-order valence-electron chi connectivity index (χ0n) is 10.5. The van der Waals surface area contributed by atoms with Crippen molar-refractivity contribution in [3.05, 3.63) is 49.9 Å². The SMILES string of the molecule is CNC(Cc1c(F)ccc(Br)c1F)c1csc(C)n1.